The van der Waals surface area contributed by atoms with Crippen LogP contribution in [0, 0.1) is 12.8 Å². The molecule has 1 aliphatic rings. The number of carbonyl (C=O) groups excluding carboxylic acids is 1. The Hall–Kier alpha value is -0.960. The van der Waals surface area contributed by atoms with Crippen molar-refractivity contribution in [3.8, 4) is 0 Å². The van der Waals surface area contributed by atoms with Gasteiger partial charge in [-0.05, 0) is 31.0 Å². The van der Waals surface area contributed by atoms with Crippen LogP contribution in [0.2, 0.25) is 0 Å². The van der Waals surface area contributed by atoms with Gasteiger partial charge in [-0.3, -0.25) is 0 Å². The zero-order chi connectivity index (χ0) is 15.6. The highest BCUT2D eigenvalue weighted by atomic mass is 79.9. The topological polar surface area (TPSA) is 95.7 Å². The first kappa shape index (κ1) is 16.4. The Kier molecular flexibility index (Phi) is 5.03. The quantitative estimate of drug-likeness (QED) is 0.803. The first-order valence-electron chi connectivity index (χ1n) is 6.37. The molecule has 1 heterocycles. The summed E-state index contributed by atoms with van der Waals surface area (Å²) in [4.78, 5) is 12.0. The zero-order valence-corrected chi connectivity index (χ0v) is 13.9. The molecule has 1 unspecified atom stereocenters. The molecule has 0 bridgehead atoms. The van der Waals surface area contributed by atoms with Crippen LogP contribution in [0.3, 0.4) is 0 Å². The van der Waals surface area contributed by atoms with Crippen LogP contribution < -0.4 is 5.14 Å². The van der Waals surface area contributed by atoms with Gasteiger partial charge in [-0.2, -0.15) is 0 Å². The van der Waals surface area contributed by atoms with Crippen LogP contribution >= 0.6 is 15.9 Å². The highest BCUT2D eigenvalue weighted by Gasteiger charge is 2.22. The normalized spacial score (nSPS) is 18.7. The zero-order valence-electron chi connectivity index (χ0n) is 11.5. The Balaban J connectivity index is 2.22. The maximum atomic E-state index is 12.1. The smallest absolute Gasteiger partial charge is 0.338 e. The average molecular weight is 378 g/mol. The van der Waals surface area contributed by atoms with Crippen LogP contribution in [-0.4, -0.2) is 34.2 Å². The molecule has 0 aliphatic carbocycles. The Morgan fingerprint density at radius 3 is 2.81 bits per heavy atom. The van der Waals surface area contributed by atoms with Gasteiger partial charge in [-0.25, -0.2) is 18.4 Å². The van der Waals surface area contributed by atoms with Crippen molar-refractivity contribution in [1.82, 2.24) is 0 Å². The van der Waals surface area contributed by atoms with E-state index in [2.05, 4.69) is 15.9 Å². The van der Waals surface area contributed by atoms with Gasteiger partial charge < -0.3 is 9.47 Å². The van der Waals surface area contributed by atoms with Gasteiger partial charge in [-0.1, -0.05) is 15.9 Å². The number of primary sulfonamides is 1. The SMILES string of the molecule is Cc1c(C(=O)OCC2CCOC2)cc(Br)cc1S(N)(=O)=O. The summed E-state index contributed by atoms with van der Waals surface area (Å²) in [5.74, 6) is -0.371. The van der Waals surface area contributed by atoms with E-state index in [1.54, 1.807) is 0 Å². The van der Waals surface area contributed by atoms with E-state index in [4.69, 9.17) is 14.6 Å². The number of hydrogen-bond donors (Lipinski definition) is 1. The lowest BCUT2D eigenvalue weighted by Crippen LogP contribution is -2.18. The van der Waals surface area contributed by atoms with Gasteiger partial charge in [0.2, 0.25) is 10.0 Å². The molecule has 6 nitrogen and oxygen atoms in total. The van der Waals surface area contributed by atoms with E-state index in [-0.39, 0.29) is 28.5 Å². The van der Waals surface area contributed by atoms with Gasteiger partial charge in [0.25, 0.3) is 0 Å². The van der Waals surface area contributed by atoms with Crippen LogP contribution in [0.1, 0.15) is 22.3 Å². The van der Waals surface area contributed by atoms with E-state index >= 15 is 0 Å². The van der Waals surface area contributed by atoms with E-state index < -0.39 is 16.0 Å². The molecule has 0 spiro atoms. The summed E-state index contributed by atoms with van der Waals surface area (Å²) in [7, 11) is -3.90. The molecule has 2 N–H and O–H groups in total. The number of benzene rings is 1. The summed E-state index contributed by atoms with van der Waals surface area (Å²) in [6.07, 6.45) is 0.854. The van der Waals surface area contributed by atoms with Crippen molar-refractivity contribution in [1.29, 1.82) is 0 Å². The number of halogens is 1. The highest BCUT2D eigenvalue weighted by molar-refractivity contribution is 9.10. The van der Waals surface area contributed by atoms with Crippen molar-refractivity contribution in [3.63, 3.8) is 0 Å². The Bertz CT molecular complexity index is 653. The van der Waals surface area contributed by atoms with Crippen molar-refractivity contribution in [2.75, 3.05) is 19.8 Å². The van der Waals surface area contributed by atoms with Gasteiger partial charge in [-0.15, -0.1) is 0 Å². The molecule has 1 fully saturated rings. The molecule has 1 aliphatic heterocycles. The van der Waals surface area contributed by atoms with Gasteiger partial charge in [0.15, 0.2) is 0 Å². The maximum absolute atomic E-state index is 12.1. The fourth-order valence-corrected chi connectivity index (χ4v) is 3.58. The number of sulfonamides is 1. The fourth-order valence-electron chi connectivity index (χ4n) is 2.15. The summed E-state index contributed by atoms with van der Waals surface area (Å²) in [5, 5.41) is 5.15. The van der Waals surface area contributed by atoms with Gasteiger partial charge in [0.1, 0.15) is 0 Å². The first-order valence-corrected chi connectivity index (χ1v) is 8.71. The third kappa shape index (κ3) is 4.03. The molecule has 8 heteroatoms. The minimum Gasteiger partial charge on any atom is -0.462 e. The highest BCUT2D eigenvalue weighted by Crippen LogP contribution is 2.25. The van der Waals surface area contributed by atoms with Crippen molar-refractivity contribution in [3.05, 3.63) is 27.7 Å². The molecule has 1 aromatic rings. The van der Waals surface area contributed by atoms with Crippen molar-refractivity contribution in [2.45, 2.75) is 18.2 Å². The minimum absolute atomic E-state index is 0.0898. The van der Waals surface area contributed by atoms with Crippen molar-refractivity contribution < 1.29 is 22.7 Å². The minimum atomic E-state index is -3.90. The second kappa shape index (κ2) is 6.43. The largest absolute Gasteiger partial charge is 0.462 e. The van der Waals surface area contributed by atoms with Gasteiger partial charge in [0.05, 0.1) is 23.7 Å². The summed E-state index contributed by atoms with van der Waals surface area (Å²) in [6, 6.07) is 2.89. The molecule has 1 atom stereocenters. The summed E-state index contributed by atoms with van der Waals surface area (Å²) in [6.45, 7) is 3.04. The van der Waals surface area contributed by atoms with E-state index in [9.17, 15) is 13.2 Å². The number of esters is 1. The molecule has 0 saturated carbocycles. The predicted octanol–water partition coefficient (Wildman–Crippen LogP) is 1.60. The molecular formula is C13H16BrNO5S. The molecule has 21 heavy (non-hydrogen) atoms. The molecule has 0 radical (unpaired) electrons. The maximum Gasteiger partial charge on any atom is 0.338 e. The average Bonchev–Trinajstić information content (AvgIpc) is 2.90. The molecule has 1 aromatic carbocycles. The number of carbonyl (C=O) groups is 1. The van der Waals surface area contributed by atoms with Crippen LogP contribution in [0.5, 0.6) is 0 Å². The lowest BCUT2D eigenvalue weighted by atomic mass is 10.1. The van der Waals surface area contributed by atoms with Crippen molar-refractivity contribution >= 4 is 31.9 Å². The second-order valence-electron chi connectivity index (χ2n) is 4.95. The molecule has 1 saturated heterocycles. The fraction of sp³-hybridized carbons (Fsp3) is 0.462. The number of hydrogen-bond acceptors (Lipinski definition) is 5. The van der Waals surface area contributed by atoms with Crippen molar-refractivity contribution in [2.24, 2.45) is 11.1 Å². The third-order valence-electron chi connectivity index (χ3n) is 3.33. The van der Waals surface area contributed by atoms with Gasteiger partial charge in [0, 0.05) is 17.0 Å². The lowest BCUT2D eigenvalue weighted by molar-refractivity contribution is 0.0427. The molecule has 0 aromatic heterocycles. The van der Waals surface area contributed by atoms with E-state index in [1.807, 2.05) is 0 Å². The third-order valence-corrected chi connectivity index (χ3v) is 4.82. The monoisotopic (exact) mass is 377 g/mol. The molecular weight excluding hydrogens is 362 g/mol. The van der Waals surface area contributed by atoms with Crippen LogP contribution in [-0.2, 0) is 19.5 Å². The second-order valence-corrected chi connectivity index (χ2v) is 7.40. The Morgan fingerprint density at radius 1 is 1.52 bits per heavy atom. The summed E-state index contributed by atoms with van der Waals surface area (Å²) in [5.41, 5.74) is 0.473. The molecule has 116 valence electrons. The summed E-state index contributed by atoms with van der Waals surface area (Å²) < 4.78 is 34.0. The molecule has 0 amide bonds. The lowest BCUT2D eigenvalue weighted by Gasteiger charge is -2.12. The van der Waals surface area contributed by atoms with E-state index in [1.165, 1.54) is 19.1 Å². The van der Waals surface area contributed by atoms with Crippen LogP contribution in [0.4, 0.5) is 0 Å². The van der Waals surface area contributed by atoms with E-state index in [0.717, 1.165) is 6.42 Å². The summed E-state index contributed by atoms with van der Waals surface area (Å²) >= 11 is 3.18. The number of rotatable bonds is 4. The Labute approximate surface area is 131 Å². The van der Waals surface area contributed by atoms with Crippen LogP contribution in [0.15, 0.2) is 21.5 Å². The predicted molar refractivity (Wildman–Crippen MR) is 79.5 cm³/mol. The molecule has 2 rings (SSSR count). The van der Waals surface area contributed by atoms with Crippen LogP contribution in [0.25, 0.3) is 0 Å². The number of ether oxygens (including phenoxy) is 2. The van der Waals surface area contributed by atoms with E-state index in [0.29, 0.717) is 17.7 Å². The first-order chi connectivity index (χ1) is 9.79. The standard InChI is InChI=1S/C13H16BrNO5S/c1-8-11(4-10(14)5-12(8)21(15,17)18)13(16)20-7-9-2-3-19-6-9/h4-5,9H,2-3,6-7H2,1H3,(H2,15,17,18). The van der Waals surface area contributed by atoms with Gasteiger partial charge >= 0.3 is 5.97 Å². The number of nitrogens with two attached hydrogens (primary N) is 1. The Morgan fingerprint density at radius 2 is 2.24 bits per heavy atom.